The fourth-order valence-corrected chi connectivity index (χ4v) is 3.67. The van der Waals surface area contributed by atoms with Gasteiger partial charge in [0.25, 0.3) is 0 Å². The molecule has 30 heavy (non-hydrogen) atoms. The number of methoxy groups -OCH3 is 3. The number of carbonyl (C=O) groups excluding carboxylic acids is 1. The van der Waals surface area contributed by atoms with Crippen LogP contribution in [0.1, 0.15) is 34.7 Å². The SMILES string of the molecule is COC[C@H](C)n1c(C)cc(C(=O)Cn2nnc(-c3ccc(OC)c(OC)c3)n2)c1C. The first-order valence-electron chi connectivity index (χ1n) is 9.60. The van der Waals surface area contributed by atoms with Crippen molar-refractivity contribution in [2.75, 3.05) is 27.9 Å². The van der Waals surface area contributed by atoms with Crippen molar-refractivity contribution >= 4 is 5.78 Å². The maximum atomic E-state index is 12.9. The van der Waals surface area contributed by atoms with Gasteiger partial charge >= 0.3 is 0 Å². The lowest BCUT2D eigenvalue weighted by Crippen LogP contribution is -2.16. The van der Waals surface area contributed by atoms with Gasteiger partial charge in [0, 0.05) is 29.6 Å². The molecular formula is C21H27N5O4. The lowest BCUT2D eigenvalue weighted by Gasteiger charge is -2.17. The van der Waals surface area contributed by atoms with Gasteiger partial charge in [-0.25, -0.2) is 0 Å². The normalized spacial score (nSPS) is 12.1. The first kappa shape index (κ1) is 21.5. The Balaban J connectivity index is 1.80. The van der Waals surface area contributed by atoms with Crippen molar-refractivity contribution in [2.45, 2.75) is 33.4 Å². The van der Waals surface area contributed by atoms with Crippen molar-refractivity contribution in [1.29, 1.82) is 0 Å². The van der Waals surface area contributed by atoms with Crippen molar-refractivity contribution in [3.05, 3.63) is 41.2 Å². The first-order chi connectivity index (χ1) is 14.4. The Bertz CT molecular complexity index is 1040. The van der Waals surface area contributed by atoms with Gasteiger partial charge in [-0.3, -0.25) is 4.79 Å². The molecule has 0 amide bonds. The maximum Gasteiger partial charge on any atom is 0.205 e. The van der Waals surface area contributed by atoms with E-state index in [1.807, 2.05) is 26.0 Å². The van der Waals surface area contributed by atoms with Crippen molar-refractivity contribution < 1.29 is 19.0 Å². The van der Waals surface area contributed by atoms with E-state index >= 15 is 0 Å². The van der Waals surface area contributed by atoms with E-state index in [2.05, 4.69) is 26.9 Å². The molecule has 0 unspecified atom stereocenters. The first-order valence-corrected chi connectivity index (χ1v) is 9.60. The Labute approximate surface area is 175 Å². The zero-order valence-corrected chi connectivity index (χ0v) is 18.2. The van der Waals surface area contributed by atoms with Gasteiger partial charge in [-0.2, -0.15) is 4.80 Å². The van der Waals surface area contributed by atoms with Gasteiger partial charge < -0.3 is 18.8 Å². The number of hydrogen-bond donors (Lipinski definition) is 0. The molecule has 0 aliphatic rings. The van der Waals surface area contributed by atoms with Crippen LogP contribution in [0.2, 0.25) is 0 Å². The summed E-state index contributed by atoms with van der Waals surface area (Å²) >= 11 is 0. The number of tetrazole rings is 1. The van der Waals surface area contributed by atoms with Gasteiger partial charge in [-0.15, -0.1) is 10.2 Å². The largest absolute Gasteiger partial charge is 0.493 e. The van der Waals surface area contributed by atoms with Gasteiger partial charge in [0.15, 0.2) is 17.3 Å². The average molecular weight is 413 g/mol. The quantitative estimate of drug-likeness (QED) is 0.498. The summed E-state index contributed by atoms with van der Waals surface area (Å²) < 4.78 is 17.9. The summed E-state index contributed by atoms with van der Waals surface area (Å²) in [6.45, 7) is 6.56. The molecule has 0 radical (unpaired) electrons. The Morgan fingerprint density at radius 3 is 2.50 bits per heavy atom. The third-order valence-electron chi connectivity index (χ3n) is 5.01. The van der Waals surface area contributed by atoms with Crippen LogP contribution in [0.15, 0.2) is 24.3 Å². The Hall–Kier alpha value is -3.20. The van der Waals surface area contributed by atoms with Gasteiger partial charge in [0.05, 0.1) is 26.9 Å². The molecule has 0 N–H and O–H groups in total. The third-order valence-corrected chi connectivity index (χ3v) is 5.01. The fraction of sp³-hybridized carbons (Fsp3) is 0.429. The number of aryl methyl sites for hydroxylation is 1. The van der Waals surface area contributed by atoms with Crippen molar-refractivity contribution in [3.8, 4) is 22.9 Å². The minimum absolute atomic E-state index is 0.00322. The summed E-state index contributed by atoms with van der Waals surface area (Å²) in [6.07, 6.45) is 0. The van der Waals surface area contributed by atoms with Gasteiger partial charge in [-0.05, 0) is 50.3 Å². The second-order valence-corrected chi connectivity index (χ2v) is 7.10. The molecule has 9 nitrogen and oxygen atoms in total. The molecule has 2 heterocycles. The number of nitrogens with zero attached hydrogens (tertiary/aromatic N) is 5. The van der Waals surface area contributed by atoms with E-state index in [-0.39, 0.29) is 18.4 Å². The van der Waals surface area contributed by atoms with Crippen molar-refractivity contribution in [2.24, 2.45) is 0 Å². The zero-order valence-electron chi connectivity index (χ0n) is 18.2. The topological polar surface area (TPSA) is 93.3 Å². The zero-order chi connectivity index (χ0) is 21.8. The summed E-state index contributed by atoms with van der Waals surface area (Å²) in [5, 5.41) is 12.5. The van der Waals surface area contributed by atoms with Crippen LogP contribution >= 0.6 is 0 Å². The van der Waals surface area contributed by atoms with Gasteiger partial charge in [0.2, 0.25) is 5.82 Å². The van der Waals surface area contributed by atoms with E-state index in [0.717, 1.165) is 17.0 Å². The van der Waals surface area contributed by atoms with E-state index in [0.29, 0.717) is 29.5 Å². The molecule has 0 bridgehead atoms. The van der Waals surface area contributed by atoms with Crippen LogP contribution in [-0.4, -0.2) is 58.5 Å². The lowest BCUT2D eigenvalue weighted by molar-refractivity contribution is 0.0960. The molecule has 3 aromatic rings. The highest BCUT2D eigenvalue weighted by molar-refractivity contribution is 5.97. The van der Waals surface area contributed by atoms with Crippen LogP contribution in [0.25, 0.3) is 11.4 Å². The highest BCUT2D eigenvalue weighted by Crippen LogP contribution is 2.30. The molecule has 0 saturated heterocycles. The predicted octanol–water partition coefficient (Wildman–Crippen LogP) is 2.87. The van der Waals surface area contributed by atoms with Crippen molar-refractivity contribution in [3.63, 3.8) is 0 Å². The molecule has 1 atom stereocenters. The second kappa shape index (κ2) is 9.08. The lowest BCUT2D eigenvalue weighted by atomic mass is 10.1. The highest BCUT2D eigenvalue weighted by atomic mass is 16.5. The number of ether oxygens (including phenoxy) is 3. The van der Waals surface area contributed by atoms with Gasteiger partial charge in [0.1, 0.15) is 6.54 Å². The Morgan fingerprint density at radius 2 is 1.83 bits per heavy atom. The maximum absolute atomic E-state index is 12.9. The van der Waals surface area contributed by atoms with E-state index in [4.69, 9.17) is 14.2 Å². The number of carbonyl (C=O) groups is 1. The molecule has 160 valence electrons. The minimum Gasteiger partial charge on any atom is -0.493 e. The monoisotopic (exact) mass is 413 g/mol. The summed E-state index contributed by atoms with van der Waals surface area (Å²) in [4.78, 5) is 14.2. The average Bonchev–Trinajstić information content (AvgIpc) is 3.31. The van der Waals surface area contributed by atoms with Crippen molar-refractivity contribution in [1.82, 2.24) is 24.8 Å². The van der Waals surface area contributed by atoms with Crippen LogP contribution in [0.5, 0.6) is 11.5 Å². The third kappa shape index (κ3) is 4.20. The van der Waals surface area contributed by atoms with E-state index in [1.165, 1.54) is 4.80 Å². The molecule has 0 spiro atoms. The number of hydrogen-bond acceptors (Lipinski definition) is 7. The molecule has 9 heteroatoms. The molecule has 0 fully saturated rings. The molecular weight excluding hydrogens is 386 g/mol. The number of rotatable bonds is 9. The Kier molecular flexibility index (Phi) is 6.51. The molecule has 2 aromatic heterocycles. The van der Waals surface area contributed by atoms with Gasteiger partial charge in [-0.1, -0.05) is 0 Å². The number of benzene rings is 1. The molecule has 0 aliphatic carbocycles. The predicted molar refractivity (Wildman–Crippen MR) is 111 cm³/mol. The molecule has 1 aromatic carbocycles. The number of Topliss-reactive ketones (excluding diaryl/α,β-unsaturated/α-hetero) is 1. The van der Waals surface area contributed by atoms with Crippen LogP contribution in [0.4, 0.5) is 0 Å². The molecule has 3 rings (SSSR count). The highest BCUT2D eigenvalue weighted by Gasteiger charge is 2.20. The van der Waals surface area contributed by atoms with E-state index in [1.54, 1.807) is 33.5 Å². The number of aromatic nitrogens is 5. The molecule has 0 aliphatic heterocycles. The van der Waals surface area contributed by atoms with Crippen LogP contribution in [0.3, 0.4) is 0 Å². The van der Waals surface area contributed by atoms with Crippen LogP contribution in [-0.2, 0) is 11.3 Å². The summed E-state index contributed by atoms with van der Waals surface area (Å²) in [5.41, 5.74) is 3.29. The Morgan fingerprint density at radius 1 is 1.10 bits per heavy atom. The summed E-state index contributed by atoms with van der Waals surface area (Å²) in [6, 6.07) is 7.39. The molecule has 0 saturated carbocycles. The minimum atomic E-state index is -0.0739. The summed E-state index contributed by atoms with van der Waals surface area (Å²) in [5.74, 6) is 1.51. The standard InChI is InChI=1S/C21H27N5O4/c1-13-9-17(15(3)26(13)14(2)12-28-4)18(27)11-25-23-21(22-24-25)16-7-8-19(29-5)20(10-16)30-6/h7-10,14H,11-12H2,1-6H3/t14-/m0/s1. The van der Waals surface area contributed by atoms with Crippen LogP contribution < -0.4 is 9.47 Å². The van der Waals surface area contributed by atoms with Crippen LogP contribution in [0, 0.1) is 13.8 Å². The second-order valence-electron chi connectivity index (χ2n) is 7.10. The number of ketones is 1. The fourth-order valence-electron chi connectivity index (χ4n) is 3.67. The summed E-state index contributed by atoms with van der Waals surface area (Å²) in [7, 11) is 4.81. The van der Waals surface area contributed by atoms with E-state index < -0.39 is 0 Å². The van der Waals surface area contributed by atoms with E-state index in [9.17, 15) is 4.79 Å². The smallest absolute Gasteiger partial charge is 0.205 e.